The average Bonchev–Trinajstić information content (AvgIpc) is 2.28. The van der Waals surface area contributed by atoms with Crippen LogP contribution < -0.4 is 0 Å². The Morgan fingerprint density at radius 2 is 1.82 bits per heavy atom. The molecule has 0 N–H and O–H groups in total. The number of pyridine rings is 1. The van der Waals surface area contributed by atoms with Gasteiger partial charge in [0.05, 0.1) is 0 Å². The molecule has 0 bridgehead atoms. The van der Waals surface area contributed by atoms with E-state index in [4.69, 9.17) is 0 Å². The van der Waals surface area contributed by atoms with Crippen molar-refractivity contribution in [2.24, 2.45) is 0 Å². The van der Waals surface area contributed by atoms with Gasteiger partial charge in [-0.3, -0.25) is 9.78 Å². The molecule has 0 saturated carbocycles. The maximum Gasteiger partial charge on any atom is 0.193 e. The van der Waals surface area contributed by atoms with Crippen molar-refractivity contribution < 1.29 is 4.79 Å². The van der Waals surface area contributed by atoms with Gasteiger partial charge >= 0.3 is 0 Å². The molecule has 17 heavy (non-hydrogen) atoms. The summed E-state index contributed by atoms with van der Waals surface area (Å²) in [7, 11) is 0. The summed E-state index contributed by atoms with van der Waals surface area (Å²) in [5.41, 5.74) is 4.51. The number of carbonyl (C=O) groups excluding carboxylic acids is 1. The van der Waals surface area contributed by atoms with Crippen molar-refractivity contribution >= 4 is 5.78 Å². The Balaban J connectivity index is 2.44. The van der Waals surface area contributed by atoms with Crippen LogP contribution in [-0.4, -0.2) is 10.8 Å². The van der Waals surface area contributed by atoms with Crippen LogP contribution in [0.1, 0.15) is 32.7 Å². The minimum atomic E-state index is 0.0630. The highest BCUT2D eigenvalue weighted by Crippen LogP contribution is 2.15. The van der Waals surface area contributed by atoms with Crippen molar-refractivity contribution in [2.45, 2.75) is 20.8 Å². The Kier molecular flexibility index (Phi) is 3.05. The van der Waals surface area contributed by atoms with Gasteiger partial charge in [-0.25, -0.2) is 0 Å². The SMILES string of the molecule is Cc1ccc(C(=O)c2ccnc(C)c2)c(C)c1. The summed E-state index contributed by atoms with van der Waals surface area (Å²) < 4.78 is 0. The van der Waals surface area contributed by atoms with Gasteiger partial charge in [0.1, 0.15) is 0 Å². The fourth-order valence-corrected chi connectivity index (χ4v) is 1.91. The summed E-state index contributed by atoms with van der Waals surface area (Å²) in [6.45, 7) is 5.88. The molecule has 2 aromatic rings. The van der Waals surface area contributed by atoms with Crippen LogP contribution in [-0.2, 0) is 0 Å². The van der Waals surface area contributed by atoms with Crippen LogP contribution in [0.2, 0.25) is 0 Å². The Hall–Kier alpha value is -1.96. The molecule has 0 atom stereocenters. The van der Waals surface area contributed by atoms with Crippen LogP contribution in [0.4, 0.5) is 0 Å². The number of carbonyl (C=O) groups is 1. The van der Waals surface area contributed by atoms with Crippen molar-refractivity contribution in [3.05, 3.63) is 64.5 Å². The lowest BCUT2D eigenvalue weighted by Crippen LogP contribution is -2.04. The highest BCUT2D eigenvalue weighted by atomic mass is 16.1. The Bertz CT molecular complexity index is 573. The molecule has 1 heterocycles. The van der Waals surface area contributed by atoms with Gasteiger partial charge in [0.25, 0.3) is 0 Å². The van der Waals surface area contributed by atoms with E-state index in [2.05, 4.69) is 4.98 Å². The predicted octanol–water partition coefficient (Wildman–Crippen LogP) is 3.24. The number of ketones is 1. The Labute approximate surface area is 101 Å². The Morgan fingerprint density at radius 1 is 1.06 bits per heavy atom. The summed E-state index contributed by atoms with van der Waals surface area (Å²) in [4.78, 5) is 16.4. The molecule has 0 amide bonds. The molecular formula is C15H15NO. The first-order valence-corrected chi connectivity index (χ1v) is 5.62. The van der Waals surface area contributed by atoms with Crippen molar-refractivity contribution in [2.75, 3.05) is 0 Å². The number of nitrogens with zero attached hydrogens (tertiary/aromatic N) is 1. The molecule has 86 valence electrons. The highest BCUT2D eigenvalue weighted by molar-refractivity contribution is 6.09. The largest absolute Gasteiger partial charge is 0.289 e. The predicted molar refractivity (Wildman–Crippen MR) is 68.3 cm³/mol. The molecule has 0 aliphatic rings. The fourth-order valence-electron chi connectivity index (χ4n) is 1.91. The third-order valence-electron chi connectivity index (χ3n) is 2.79. The van der Waals surface area contributed by atoms with Gasteiger partial charge in [0.2, 0.25) is 0 Å². The fraction of sp³-hybridized carbons (Fsp3) is 0.200. The van der Waals surface area contributed by atoms with E-state index in [1.807, 2.05) is 45.0 Å². The van der Waals surface area contributed by atoms with Gasteiger partial charge in [-0.2, -0.15) is 0 Å². The lowest BCUT2D eigenvalue weighted by molar-refractivity contribution is 0.103. The number of aromatic nitrogens is 1. The van der Waals surface area contributed by atoms with E-state index in [-0.39, 0.29) is 5.78 Å². The van der Waals surface area contributed by atoms with E-state index in [9.17, 15) is 4.79 Å². The normalized spacial score (nSPS) is 10.3. The van der Waals surface area contributed by atoms with Gasteiger partial charge in [-0.05, 0) is 38.5 Å². The second kappa shape index (κ2) is 4.50. The molecule has 0 saturated heterocycles. The van der Waals surface area contributed by atoms with Gasteiger partial charge in [0, 0.05) is 23.0 Å². The zero-order chi connectivity index (χ0) is 12.4. The highest BCUT2D eigenvalue weighted by Gasteiger charge is 2.11. The van der Waals surface area contributed by atoms with Crippen LogP contribution in [0.5, 0.6) is 0 Å². The smallest absolute Gasteiger partial charge is 0.193 e. The molecule has 2 nitrogen and oxygen atoms in total. The molecule has 0 spiro atoms. The molecular weight excluding hydrogens is 210 g/mol. The molecule has 0 fully saturated rings. The first kappa shape index (κ1) is 11.5. The molecule has 1 aromatic carbocycles. The first-order chi connectivity index (χ1) is 8.08. The average molecular weight is 225 g/mol. The number of hydrogen-bond acceptors (Lipinski definition) is 2. The van der Waals surface area contributed by atoms with Gasteiger partial charge in [0.15, 0.2) is 5.78 Å². The number of hydrogen-bond donors (Lipinski definition) is 0. The van der Waals surface area contributed by atoms with E-state index in [0.717, 1.165) is 16.8 Å². The van der Waals surface area contributed by atoms with E-state index in [1.165, 1.54) is 5.56 Å². The molecule has 0 radical (unpaired) electrons. The topological polar surface area (TPSA) is 30.0 Å². The zero-order valence-electron chi connectivity index (χ0n) is 10.3. The molecule has 2 rings (SSSR count). The molecule has 2 heteroatoms. The van der Waals surface area contributed by atoms with E-state index in [0.29, 0.717) is 5.56 Å². The van der Waals surface area contributed by atoms with Crippen molar-refractivity contribution in [3.8, 4) is 0 Å². The van der Waals surface area contributed by atoms with Crippen molar-refractivity contribution in [3.63, 3.8) is 0 Å². The standard InChI is InChI=1S/C15H15NO/c1-10-4-5-14(11(2)8-10)15(17)13-6-7-16-12(3)9-13/h4-9H,1-3H3. The maximum absolute atomic E-state index is 12.3. The number of rotatable bonds is 2. The van der Waals surface area contributed by atoms with Gasteiger partial charge in [-0.15, -0.1) is 0 Å². The first-order valence-electron chi connectivity index (χ1n) is 5.62. The summed E-state index contributed by atoms with van der Waals surface area (Å²) in [6.07, 6.45) is 1.67. The maximum atomic E-state index is 12.3. The lowest BCUT2D eigenvalue weighted by atomic mass is 9.98. The van der Waals surface area contributed by atoms with Crippen LogP contribution >= 0.6 is 0 Å². The van der Waals surface area contributed by atoms with Crippen LogP contribution in [0.3, 0.4) is 0 Å². The van der Waals surface area contributed by atoms with E-state index >= 15 is 0 Å². The third-order valence-corrected chi connectivity index (χ3v) is 2.79. The van der Waals surface area contributed by atoms with Crippen LogP contribution in [0.15, 0.2) is 36.5 Å². The number of benzene rings is 1. The summed E-state index contributed by atoms with van der Waals surface area (Å²) in [5, 5.41) is 0. The minimum Gasteiger partial charge on any atom is -0.289 e. The molecule has 0 unspecified atom stereocenters. The van der Waals surface area contributed by atoms with E-state index in [1.54, 1.807) is 12.3 Å². The summed E-state index contributed by atoms with van der Waals surface area (Å²) >= 11 is 0. The second-order valence-corrected chi connectivity index (χ2v) is 4.33. The van der Waals surface area contributed by atoms with Crippen molar-refractivity contribution in [1.29, 1.82) is 0 Å². The minimum absolute atomic E-state index is 0.0630. The second-order valence-electron chi connectivity index (χ2n) is 4.33. The van der Waals surface area contributed by atoms with Crippen LogP contribution in [0, 0.1) is 20.8 Å². The lowest BCUT2D eigenvalue weighted by Gasteiger charge is -2.06. The molecule has 0 aliphatic carbocycles. The Morgan fingerprint density at radius 3 is 2.47 bits per heavy atom. The van der Waals surface area contributed by atoms with Gasteiger partial charge < -0.3 is 0 Å². The van der Waals surface area contributed by atoms with Gasteiger partial charge in [-0.1, -0.05) is 23.8 Å². The van der Waals surface area contributed by atoms with E-state index < -0.39 is 0 Å². The van der Waals surface area contributed by atoms with Crippen molar-refractivity contribution in [1.82, 2.24) is 4.98 Å². The van der Waals surface area contributed by atoms with Crippen LogP contribution in [0.25, 0.3) is 0 Å². The summed E-state index contributed by atoms with van der Waals surface area (Å²) in [5.74, 6) is 0.0630. The molecule has 1 aromatic heterocycles. The molecule has 0 aliphatic heterocycles. The quantitative estimate of drug-likeness (QED) is 0.734. The third kappa shape index (κ3) is 2.41. The number of aryl methyl sites for hydroxylation is 3. The monoisotopic (exact) mass is 225 g/mol. The zero-order valence-corrected chi connectivity index (χ0v) is 10.3. The summed E-state index contributed by atoms with van der Waals surface area (Å²) in [6, 6.07) is 9.47.